The third-order valence-electron chi connectivity index (χ3n) is 2.99. The molecule has 0 aliphatic carbocycles. The van der Waals surface area contributed by atoms with Crippen LogP contribution in [0.5, 0.6) is 0 Å². The molecule has 0 saturated heterocycles. The predicted molar refractivity (Wildman–Crippen MR) is 79.6 cm³/mol. The van der Waals surface area contributed by atoms with Crippen LogP contribution in [0.1, 0.15) is 13.8 Å². The van der Waals surface area contributed by atoms with Gasteiger partial charge in [-0.3, -0.25) is 5.43 Å². The smallest absolute Gasteiger partial charge is 0.240 e. The van der Waals surface area contributed by atoms with Gasteiger partial charge >= 0.3 is 0 Å². The first-order valence-corrected chi connectivity index (χ1v) is 7.06. The monoisotopic (exact) mass is 281 g/mol. The molecule has 0 amide bonds. The Morgan fingerprint density at radius 3 is 2.95 bits per heavy atom. The number of hydrogen-bond acceptors (Lipinski definition) is 7. The Morgan fingerprint density at radius 2 is 2.32 bits per heavy atom. The number of nitrogens with zero attached hydrogens (tertiary/aromatic N) is 3. The normalized spacial score (nSPS) is 12.6. The topological polar surface area (TPSA) is 76.3 Å². The number of ether oxygens (including phenoxy) is 1. The fraction of sp³-hybridized carbons (Fsp3) is 0.500. The molecule has 2 aromatic rings. The molecule has 3 N–H and O–H groups in total. The minimum absolute atomic E-state index is 0.235. The second-order valence-corrected chi connectivity index (χ2v) is 5.14. The predicted octanol–water partition coefficient (Wildman–Crippen LogP) is 1.84. The summed E-state index contributed by atoms with van der Waals surface area (Å²) in [5.74, 6) is 6.77. The standard InChI is InChI=1S/C12H19N5OS/c1-4-17(8(2)7-18-3)10-9-5-6-19-11(9)15-12(14-10)16-13/h5-6,8H,4,7,13H2,1-3H3,(H,14,15,16). The van der Waals surface area contributed by atoms with E-state index < -0.39 is 0 Å². The van der Waals surface area contributed by atoms with Crippen molar-refractivity contribution in [3.63, 3.8) is 0 Å². The average Bonchev–Trinajstić information content (AvgIpc) is 2.87. The number of fused-ring (bicyclic) bond motifs is 1. The second kappa shape index (κ2) is 6.14. The molecule has 0 bridgehead atoms. The van der Waals surface area contributed by atoms with Crippen LogP contribution < -0.4 is 16.2 Å². The van der Waals surface area contributed by atoms with E-state index in [1.54, 1.807) is 18.4 Å². The molecule has 2 heterocycles. The van der Waals surface area contributed by atoms with E-state index in [1.807, 2.05) is 11.4 Å². The Hall–Kier alpha value is -1.44. The second-order valence-electron chi connectivity index (χ2n) is 4.24. The van der Waals surface area contributed by atoms with E-state index in [1.165, 1.54) is 0 Å². The van der Waals surface area contributed by atoms with Gasteiger partial charge in [0.05, 0.1) is 18.0 Å². The van der Waals surface area contributed by atoms with Crippen molar-refractivity contribution < 1.29 is 4.74 Å². The summed E-state index contributed by atoms with van der Waals surface area (Å²) in [6, 6.07) is 2.27. The third-order valence-corrected chi connectivity index (χ3v) is 3.79. The van der Waals surface area contributed by atoms with E-state index in [0.29, 0.717) is 12.6 Å². The van der Waals surface area contributed by atoms with E-state index in [4.69, 9.17) is 10.6 Å². The molecular formula is C12H19N5OS. The number of anilines is 2. The molecule has 0 fully saturated rings. The molecule has 104 valence electrons. The molecule has 0 aliphatic rings. The van der Waals surface area contributed by atoms with Crippen LogP contribution in [0.2, 0.25) is 0 Å². The van der Waals surface area contributed by atoms with Gasteiger partial charge in [-0.1, -0.05) is 0 Å². The van der Waals surface area contributed by atoms with E-state index in [9.17, 15) is 0 Å². The summed E-state index contributed by atoms with van der Waals surface area (Å²) in [6.45, 7) is 5.70. The molecule has 0 aliphatic heterocycles. The van der Waals surface area contributed by atoms with Crippen molar-refractivity contribution in [2.24, 2.45) is 5.84 Å². The van der Waals surface area contributed by atoms with E-state index in [0.717, 1.165) is 22.6 Å². The van der Waals surface area contributed by atoms with Gasteiger partial charge in [-0.2, -0.15) is 4.98 Å². The first-order chi connectivity index (χ1) is 9.21. The lowest BCUT2D eigenvalue weighted by Gasteiger charge is -2.29. The van der Waals surface area contributed by atoms with Crippen LogP contribution in [0.25, 0.3) is 10.2 Å². The zero-order valence-corrected chi connectivity index (χ0v) is 12.2. The molecule has 1 atom stereocenters. The lowest BCUT2D eigenvalue weighted by atomic mass is 10.2. The van der Waals surface area contributed by atoms with Crippen molar-refractivity contribution in [2.75, 3.05) is 30.6 Å². The molecule has 0 saturated carbocycles. The van der Waals surface area contributed by atoms with Crippen LogP contribution in [0.15, 0.2) is 11.4 Å². The van der Waals surface area contributed by atoms with E-state index in [2.05, 4.69) is 34.1 Å². The Bertz CT molecular complexity index is 544. The zero-order chi connectivity index (χ0) is 13.8. The lowest BCUT2D eigenvalue weighted by Crippen LogP contribution is -2.37. The quantitative estimate of drug-likeness (QED) is 0.621. The van der Waals surface area contributed by atoms with Gasteiger partial charge in [0.1, 0.15) is 10.6 Å². The highest BCUT2D eigenvalue weighted by molar-refractivity contribution is 7.16. The number of likely N-dealkylation sites (N-methyl/N-ethyl adjacent to an activating group) is 1. The minimum Gasteiger partial charge on any atom is -0.383 e. The number of aromatic nitrogens is 2. The van der Waals surface area contributed by atoms with Crippen LogP contribution >= 0.6 is 11.3 Å². The lowest BCUT2D eigenvalue weighted by molar-refractivity contribution is 0.182. The number of hydrogen-bond donors (Lipinski definition) is 2. The summed E-state index contributed by atoms with van der Waals surface area (Å²) in [4.78, 5) is 12.0. The fourth-order valence-electron chi connectivity index (χ4n) is 2.12. The fourth-order valence-corrected chi connectivity index (χ4v) is 2.88. The molecule has 0 spiro atoms. The summed E-state index contributed by atoms with van der Waals surface area (Å²) in [5, 5.41) is 3.06. The Kier molecular flexibility index (Phi) is 4.52. The third kappa shape index (κ3) is 2.78. The summed E-state index contributed by atoms with van der Waals surface area (Å²) in [7, 11) is 1.71. The largest absolute Gasteiger partial charge is 0.383 e. The van der Waals surface area contributed by atoms with Crippen LogP contribution in [-0.2, 0) is 4.74 Å². The highest BCUT2D eigenvalue weighted by Crippen LogP contribution is 2.29. The van der Waals surface area contributed by atoms with Crippen LogP contribution in [0, 0.1) is 0 Å². The average molecular weight is 281 g/mol. The molecule has 0 radical (unpaired) electrons. The Labute approximate surface area is 116 Å². The summed E-state index contributed by atoms with van der Waals surface area (Å²) < 4.78 is 5.24. The molecule has 1 unspecified atom stereocenters. The molecular weight excluding hydrogens is 262 g/mol. The highest BCUT2D eigenvalue weighted by Gasteiger charge is 2.18. The maximum atomic E-state index is 5.44. The number of thiophene rings is 1. The summed E-state index contributed by atoms with van der Waals surface area (Å²) >= 11 is 1.58. The van der Waals surface area contributed by atoms with Gasteiger partial charge in [-0.15, -0.1) is 11.3 Å². The first-order valence-electron chi connectivity index (χ1n) is 6.18. The Morgan fingerprint density at radius 1 is 1.53 bits per heavy atom. The molecule has 2 aromatic heterocycles. The minimum atomic E-state index is 0.235. The number of nitrogen functional groups attached to an aromatic ring is 1. The maximum Gasteiger partial charge on any atom is 0.240 e. The molecule has 19 heavy (non-hydrogen) atoms. The van der Waals surface area contributed by atoms with Crippen molar-refractivity contribution in [3.8, 4) is 0 Å². The van der Waals surface area contributed by atoms with Crippen LogP contribution in [0.3, 0.4) is 0 Å². The van der Waals surface area contributed by atoms with Gasteiger partial charge < -0.3 is 9.64 Å². The number of nitrogens with one attached hydrogen (secondary N) is 1. The van der Waals surface area contributed by atoms with Gasteiger partial charge in [-0.25, -0.2) is 10.8 Å². The number of methoxy groups -OCH3 is 1. The number of hydrazine groups is 1. The Balaban J connectivity index is 2.48. The number of nitrogens with two attached hydrogens (primary N) is 1. The summed E-state index contributed by atoms with van der Waals surface area (Å²) in [5.41, 5.74) is 2.53. The van der Waals surface area contributed by atoms with Crippen molar-refractivity contribution in [1.29, 1.82) is 0 Å². The van der Waals surface area contributed by atoms with Gasteiger partial charge in [0.2, 0.25) is 5.95 Å². The van der Waals surface area contributed by atoms with Crippen LogP contribution in [0.4, 0.5) is 11.8 Å². The SMILES string of the molecule is CCN(c1nc(NN)nc2sccc12)C(C)COC. The van der Waals surface area contributed by atoms with Crippen molar-refractivity contribution in [1.82, 2.24) is 9.97 Å². The maximum absolute atomic E-state index is 5.44. The van der Waals surface area contributed by atoms with E-state index in [-0.39, 0.29) is 6.04 Å². The van der Waals surface area contributed by atoms with Gasteiger partial charge in [0, 0.05) is 13.7 Å². The van der Waals surface area contributed by atoms with Crippen molar-refractivity contribution in [3.05, 3.63) is 11.4 Å². The van der Waals surface area contributed by atoms with E-state index >= 15 is 0 Å². The van der Waals surface area contributed by atoms with Crippen molar-refractivity contribution >= 4 is 33.3 Å². The van der Waals surface area contributed by atoms with Crippen LogP contribution in [-0.4, -0.2) is 36.3 Å². The van der Waals surface area contributed by atoms with Gasteiger partial charge in [-0.05, 0) is 25.3 Å². The molecule has 6 nitrogen and oxygen atoms in total. The highest BCUT2D eigenvalue weighted by atomic mass is 32.1. The van der Waals surface area contributed by atoms with Gasteiger partial charge in [0.25, 0.3) is 0 Å². The molecule has 2 rings (SSSR count). The first kappa shape index (κ1) is 14.0. The zero-order valence-electron chi connectivity index (χ0n) is 11.4. The van der Waals surface area contributed by atoms with Crippen molar-refractivity contribution in [2.45, 2.75) is 19.9 Å². The molecule has 7 heteroatoms. The molecule has 0 aromatic carbocycles. The number of rotatable bonds is 6. The van der Waals surface area contributed by atoms with Gasteiger partial charge in [0.15, 0.2) is 0 Å². The summed E-state index contributed by atoms with van der Waals surface area (Å²) in [6.07, 6.45) is 0.